The van der Waals surface area contributed by atoms with E-state index in [4.69, 9.17) is 27.9 Å². The quantitative estimate of drug-likeness (QED) is 0.752. The van der Waals surface area contributed by atoms with Gasteiger partial charge in [-0.25, -0.2) is 4.98 Å². The van der Waals surface area contributed by atoms with Crippen molar-refractivity contribution < 1.29 is 4.74 Å². The summed E-state index contributed by atoms with van der Waals surface area (Å²) >= 11 is 12.0. The lowest BCUT2D eigenvalue weighted by atomic mass is 10.2. The van der Waals surface area contributed by atoms with E-state index in [1.54, 1.807) is 6.20 Å². The van der Waals surface area contributed by atoms with E-state index in [2.05, 4.69) is 9.97 Å². The van der Waals surface area contributed by atoms with Gasteiger partial charge in [0.15, 0.2) is 11.6 Å². The highest BCUT2D eigenvalue weighted by molar-refractivity contribution is 6.33. The van der Waals surface area contributed by atoms with Crippen LogP contribution in [0.5, 0.6) is 5.75 Å². The summed E-state index contributed by atoms with van der Waals surface area (Å²) in [6, 6.07) is 7.60. The third kappa shape index (κ3) is 1.98. The highest BCUT2D eigenvalue weighted by atomic mass is 35.5. The van der Waals surface area contributed by atoms with Crippen LogP contribution < -0.4 is 9.64 Å². The first-order valence-electron chi connectivity index (χ1n) is 5.43. The van der Waals surface area contributed by atoms with Crippen LogP contribution in [0.1, 0.15) is 0 Å². The molecule has 3 rings (SSSR count). The molecule has 0 unspecified atom stereocenters. The molecule has 0 aliphatic carbocycles. The van der Waals surface area contributed by atoms with Crippen LogP contribution in [-0.2, 0) is 0 Å². The minimum absolute atomic E-state index is 0.191. The Morgan fingerprint density at radius 2 is 2.06 bits per heavy atom. The molecule has 1 aliphatic rings. The average Bonchev–Trinajstić information content (AvgIpc) is 2.39. The second-order valence-corrected chi connectivity index (χ2v) is 4.52. The number of hydrogen-bond acceptors (Lipinski definition) is 4. The van der Waals surface area contributed by atoms with Crippen molar-refractivity contribution in [3.8, 4) is 5.75 Å². The molecule has 0 spiro atoms. The zero-order valence-electron chi connectivity index (χ0n) is 9.31. The molecule has 0 bridgehead atoms. The van der Waals surface area contributed by atoms with E-state index in [1.165, 1.54) is 0 Å². The van der Waals surface area contributed by atoms with Crippen molar-refractivity contribution >= 4 is 34.7 Å². The standard InChI is InChI=1S/C12H9Cl2N3O/c13-8-3-1-2-4-9(8)17-5-6-18-10-7-15-12(14)16-11(10)17/h1-4,7H,5-6H2. The van der Waals surface area contributed by atoms with Crippen LogP contribution in [-0.4, -0.2) is 23.1 Å². The first kappa shape index (κ1) is 11.6. The van der Waals surface area contributed by atoms with Gasteiger partial charge >= 0.3 is 0 Å². The van der Waals surface area contributed by atoms with E-state index in [9.17, 15) is 0 Å². The summed E-state index contributed by atoms with van der Waals surface area (Å²) in [5.74, 6) is 1.26. The maximum absolute atomic E-state index is 6.20. The molecule has 0 saturated carbocycles. The van der Waals surface area contributed by atoms with Gasteiger partial charge in [0.1, 0.15) is 6.61 Å². The zero-order valence-corrected chi connectivity index (χ0v) is 10.8. The van der Waals surface area contributed by atoms with E-state index < -0.39 is 0 Å². The fourth-order valence-electron chi connectivity index (χ4n) is 1.89. The van der Waals surface area contributed by atoms with Crippen molar-refractivity contribution in [2.45, 2.75) is 0 Å². The van der Waals surface area contributed by atoms with Crippen LogP contribution in [0.25, 0.3) is 0 Å². The van der Waals surface area contributed by atoms with Gasteiger partial charge in [-0.2, -0.15) is 4.98 Å². The van der Waals surface area contributed by atoms with Gasteiger partial charge < -0.3 is 9.64 Å². The molecule has 92 valence electrons. The summed E-state index contributed by atoms with van der Waals surface area (Å²) in [5, 5.41) is 0.858. The van der Waals surface area contributed by atoms with Crippen molar-refractivity contribution in [2.24, 2.45) is 0 Å². The lowest BCUT2D eigenvalue weighted by molar-refractivity contribution is 0.310. The lowest BCUT2D eigenvalue weighted by Gasteiger charge is -2.30. The minimum atomic E-state index is 0.191. The van der Waals surface area contributed by atoms with Crippen LogP contribution in [0.15, 0.2) is 30.5 Å². The number of hydrogen-bond donors (Lipinski definition) is 0. The second kappa shape index (κ2) is 4.63. The molecular formula is C12H9Cl2N3O. The maximum Gasteiger partial charge on any atom is 0.224 e. The first-order chi connectivity index (χ1) is 8.75. The molecule has 1 aliphatic heterocycles. The summed E-state index contributed by atoms with van der Waals surface area (Å²) in [6.07, 6.45) is 1.58. The average molecular weight is 282 g/mol. The van der Waals surface area contributed by atoms with E-state index in [0.717, 1.165) is 5.69 Å². The third-order valence-electron chi connectivity index (χ3n) is 2.68. The van der Waals surface area contributed by atoms with Crippen LogP contribution in [0.2, 0.25) is 10.3 Å². The Morgan fingerprint density at radius 1 is 1.22 bits per heavy atom. The fraction of sp³-hybridized carbons (Fsp3) is 0.167. The normalized spacial score (nSPS) is 14.0. The van der Waals surface area contributed by atoms with Crippen LogP contribution >= 0.6 is 23.2 Å². The predicted octanol–water partition coefficient (Wildman–Crippen LogP) is 3.31. The second-order valence-electron chi connectivity index (χ2n) is 3.78. The topological polar surface area (TPSA) is 38.2 Å². The molecule has 18 heavy (non-hydrogen) atoms. The fourth-order valence-corrected chi connectivity index (χ4v) is 2.26. The molecule has 1 aromatic carbocycles. The molecule has 4 nitrogen and oxygen atoms in total. The largest absolute Gasteiger partial charge is 0.486 e. The Labute approximate surface area is 114 Å². The Morgan fingerprint density at radius 3 is 2.89 bits per heavy atom. The number of para-hydroxylation sites is 1. The molecule has 2 aromatic rings. The molecule has 6 heteroatoms. The number of rotatable bonds is 1. The van der Waals surface area contributed by atoms with Gasteiger partial charge in [-0.05, 0) is 23.7 Å². The molecule has 0 atom stereocenters. The Bertz CT molecular complexity index is 591. The number of fused-ring (bicyclic) bond motifs is 1. The van der Waals surface area contributed by atoms with Crippen molar-refractivity contribution in [1.29, 1.82) is 0 Å². The number of ether oxygens (including phenoxy) is 1. The van der Waals surface area contributed by atoms with Gasteiger partial charge in [0.25, 0.3) is 0 Å². The van der Waals surface area contributed by atoms with E-state index >= 15 is 0 Å². The van der Waals surface area contributed by atoms with E-state index in [1.807, 2.05) is 29.2 Å². The van der Waals surface area contributed by atoms with E-state index in [-0.39, 0.29) is 5.28 Å². The Kier molecular flexibility index (Phi) is 2.97. The lowest BCUT2D eigenvalue weighted by Crippen LogP contribution is -2.29. The van der Waals surface area contributed by atoms with Gasteiger partial charge in [0.05, 0.1) is 23.5 Å². The summed E-state index contributed by atoms with van der Waals surface area (Å²) < 4.78 is 5.50. The minimum Gasteiger partial charge on any atom is -0.486 e. The number of benzene rings is 1. The van der Waals surface area contributed by atoms with Crippen molar-refractivity contribution in [1.82, 2.24) is 9.97 Å². The summed E-state index contributed by atoms with van der Waals surface area (Å²) in [6.45, 7) is 1.23. The van der Waals surface area contributed by atoms with E-state index in [0.29, 0.717) is 29.7 Å². The molecule has 2 heterocycles. The predicted molar refractivity (Wildman–Crippen MR) is 71.0 cm³/mol. The molecule has 0 radical (unpaired) electrons. The highest BCUT2D eigenvalue weighted by Gasteiger charge is 2.23. The van der Waals surface area contributed by atoms with Crippen molar-refractivity contribution in [3.05, 3.63) is 40.8 Å². The first-order valence-corrected chi connectivity index (χ1v) is 6.19. The van der Waals surface area contributed by atoms with Crippen LogP contribution in [0.3, 0.4) is 0 Å². The molecule has 0 fully saturated rings. The van der Waals surface area contributed by atoms with Gasteiger partial charge in [-0.15, -0.1) is 0 Å². The maximum atomic E-state index is 6.20. The smallest absolute Gasteiger partial charge is 0.224 e. The van der Waals surface area contributed by atoms with Crippen molar-refractivity contribution in [2.75, 3.05) is 18.1 Å². The number of aromatic nitrogens is 2. The Hall–Kier alpha value is -1.52. The molecule has 0 N–H and O–H groups in total. The van der Waals surface area contributed by atoms with Gasteiger partial charge in [0, 0.05) is 0 Å². The Balaban J connectivity index is 2.11. The number of halogens is 2. The summed E-state index contributed by atoms with van der Waals surface area (Å²) in [7, 11) is 0. The molecular weight excluding hydrogens is 273 g/mol. The van der Waals surface area contributed by atoms with Gasteiger partial charge in [-0.1, -0.05) is 23.7 Å². The zero-order chi connectivity index (χ0) is 12.5. The monoisotopic (exact) mass is 281 g/mol. The van der Waals surface area contributed by atoms with Crippen LogP contribution in [0.4, 0.5) is 11.5 Å². The number of nitrogens with zero attached hydrogens (tertiary/aromatic N) is 3. The van der Waals surface area contributed by atoms with Crippen LogP contribution in [0, 0.1) is 0 Å². The molecule has 0 amide bonds. The number of anilines is 2. The highest BCUT2D eigenvalue weighted by Crippen LogP contribution is 2.37. The molecule has 1 aromatic heterocycles. The van der Waals surface area contributed by atoms with Gasteiger partial charge in [-0.3, -0.25) is 0 Å². The van der Waals surface area contributed by atoms with Crippen molar-refractivity contribution in [3.63, 3.8) is 0 Å². The summed E-state index contributed by atoms with van der Waals surface area (Å²) in [4.78, 5) is 10.1. The molecule has 0 saturated heterocycles. The summed E-state index contributed by atoms with van der Waals surface area (Å²) in [5.41, 5.74) is 0.887. The SMILES string of the molecule is Clc1ncc2c(n1)N(c1ccccc1Cl)CCO2. The van der Waals surface area contributed by atoms with Gasteiger partial charge in [0.2, 0.25) is 5.28 Å². The third-order valence-corrected chi connectivity index (χ3v) is 3.18.